The summed E-state index contributed by atoms with van der Waals surface area (Å²) in [6.45, 7) is 3.00. The topological polar surface area (TPSA) is 38.7 Å². The Morgan fingerprint density at radius 3 is 2.57 bits per heavy atom. The zero-order valence-electron chi connectivity index (χ0n) is 8.92. The maximum Gasteiger partial charge on any atom is 0.169 e. The van der Waals surface area contributed by atoms with Gasteiger partial charge in [0.15, 0.2) is 5.79 Å². The molecule has 2 saturated heterocycles. The summed E-state index contributed by atoms with van der Waals surface area (Å²) in [7, 11) is 0. The molecule has 0 aromatic rings. The number of ether oxygens (including phenoxy) is 2. The van der Waals surface area contributed by atoms with Crippen LogP contribution in [0, 0.1) is 0 Å². The van der Waals surface area contributed by atoms with Gasteiger partial charge in [0.05, 0.1) is 18.8 Å². The van der Waals surface area contributed by atoms with Crippen LogP contribution in [0.15, 0.2) is 0 Å². The maximum absolute atomic E-state index is 9.35. The average molecular weight is 200 g/mol. The zero-order valence-corrected chi connectivity index (χ0v) is 8.92. The van der Waals surface area contributed by atoms with Crippen LogP contribution >= 0.6 is 0 Å². The lowest BCUT2D eigenvalue weighted by molar-refractivity contribution is -0.273. The van der Waals surface area contributed by atoms with Gasteiger partial charge in [-0.2, -0.15) is 0 Å². The SMILES string of the molecule is CCC1(CO)CCC2(CCCCO2)O1. The Morgan fingerprint density at radius 1 is 1.21 bits per heavy atom. The van der Waals surface area contributed by atoms with Gasteiger partial charge in [0, 0.05) is 12.8 Å². The van der Waals surface area contributed by atoms with Gasteiger partial charge in [-0.25, -0.2) is 0 Å². The quantitative estimate of drug-likeness (QED) is 0.739. The first-order valence-electron chi connectivity index (χ1n) is 5.69. The summed E-state index contributed by atoms with van der Waals surface area (Å²) in [6.07, 6.45) is 6.07. The second-order valence-corrected chi connectivity index (χ2v) is 4.51. The molecule has 0 aromatic carbocycles. The van der Waals surface area contributed by atoms with Crippen molar-refractivity contribution in [2.24, 2.45) is 0 Å². The highest BCUT2D eigenvalue weighted by atomic mass is 16.7. The van der Waals surface area contributed by atoms with E-state index in [2.05, 4.69) is 6.92 Å². The van der Waals surface area contributed by atoms with Crippen LogP contribution in [-0.4, -0.2) is 29.7 Å². The third-order valence-electron chi connectivity index (χ3n) is 3.61. The Kier molecular flexibility index (Phi) is 2.82. The normalized spacial score (nSPS) is 43.3. The molecule has 2 fully saturated rings. The molecule has 2 atom stereocenters. The van der Waals surface area contributed by atoms with Crippen molar-refractivity contribution in [2.45, 2.75) is 56.8 Å². The standard InChI is InChI=1S/C11H20O3/c1-2-10(9-12)6-7-11(14-10)5-3-4-8-13-11/h12H,2-9H2,1H3. The van der Waals surface area contributed by atoms with Gasteiger partial charge in [-0.3, -0.25) is 0 Å². The summed E-state index contributed by atoms with van der Waals surface area (Å²) in [6, 6.07) is 0. The molecule has 2 heterocycles. The molecule has 1 spiro atoms. The van der Waals surface area contributed by atoms with E-state index < -0.39 is 0 Å². The van der Waals surface area contributed by atoms with Crippen molar-refractivity contribution in [1.82, 2.24) is 0 Å². The molecule has 0 amide bonds. The van der Waals surface area contributed by atoms with Gasteiger partial charge in [0.25, 0.3) is 0 Å². The van der Waals surface area contributed by atoms with Crippen LogP contribution in [0.25, 0.3) is 0 Å². The van der Waals surface area contributed by atoms with E-state index in [4.69, 9.17) is 9.47 Å². The largest absolute Gasteiger partial charge is 0.393 e. The minimum Gasteiger partial charge on any atom is -0.393 e. The Balaban J connectivity index is 2.04. The van der Waals surface area contributed by atoms with Gasteiger partial charge in [0.2, 0.25) is 0 Å². The molecule has 3 heteroatoms. The Hall–Kier alpha value is -0.120. The lowest BCUT2D eigenvalue weighted by Gasteiger charge is -2.36. The van der Waals surface area contributed by atoms with Crippen molar-refractivity contribution >= 4 is 0 Å². The predicted molar refractivity (Wildman–Crippen MR) is 53.0 cm³/mol. The summed E-state index contributed by atoms with van der Waals surface area (Å²) in [5.74, 6) is -0.350. The first-order chi connectivity index (χ1) is 6.74. The minimum atomic E-state index is -0.350. The summed E-state index contributed by atoms with van der Waals surface area (Å²) in [5.41, 5.74) is -0.322. The van der Waals surface area contributed by atoms with Crippen LogP contribution in [0.2, 0.25) is 0 Å². The smallest absolute Gasteiger partial charge is 0.169 e. The Morgan fingerprint density at radius 2 is 2.07 bits per heavy atom. The fourth-order valence-corrected chi connectivity index (χ4v) is 2.49. The summed E-state index contributed by atoms with van der Waals surface area (Å²) in [5, 5.41) is 9.35. The van der Waals surface area contributed by atoms with E-state index in [1.54, 1.807) is 0 Å². The highest BCUT2D eigenvalue weighted by Crippen LogP contribution is 2.44. The number of aliphatic hydroxyl groups is 1. The molecule has 2 aliphatic rings. The van der Waals surface area contributed by atoms with Crippen molar-refractivity contribution in [3.8, 4) is 0 Å². The number of aliphatic hydroxyl groups excluding tert-OH is 1. The number of hydrogen-bond acceptors (Lipinski definition) is 3. The first-order valence-corrected chi connectivity index (χ1v) is 5.69. The van der Waals surface area contributed by atoms with Gasteiger partial charge in [-0.15, -0.1) is 0 Å². The molecule has 2 rings (SSSR count). The first kappa shape index (κ1) is 10.4. The molecular formula is C11H20O3. The van der Waals surface area contributed by atoms with Crippen molar-refractivity contribution < 1.29 is 14.6 Å². The molecule has 0 bridgehead atoms. The number of rotatable bonds is 2. The van der Waals surface area contributed by atoms with E-state index >= 15 is 0 Å². The zero-order chi connectivity index (χ0) is 10.1. The van der Waals surface area contributed by atoms with E-state index in [0.717, 1.165) is 38.7 Å². The second-order valence-electron chi connectivity index (χ2n) is 4.51. The monoisotopic (exact) mass is 200 g/mol. The molecule has 2 unspecified atom stereocenters. The van der Waals surface area contributed by atoms with Gasteiger partial charge in [0.1, 0.15) is 0 Å². The second kappa shape index (κ2) is 3.80. The third-order valence-corrected chi connectivity index (χ3v) is 3.61. The van der Waals surface area contributed by atoms with Gasteiger partial charge in [-0.1, -0.05) is 6.92 Å². The summed E-state index contributed by atoms with van der Waals surface area (Å²) < 4.78 is 11.8. The molecule has 0 aliphatic carbocycles. The molecule has 2 aliphatic heterocycles. The highest BCUT2D eigenvalue weighted by Gasteiger charge is 2.49. The van der Waals surface area contributed by atoms with Gasteiger partial charge in [-0.05, 0) is 25.7 Å². The van der Waals surface area contributed by atoms with Crippen molar-refractivity contribution in [1.29, 1.82) is 0 Å². The molecule has 14 heavy (non-hydrogen) atoms. The van der Waals surface area contributed by atoms with E-state index in [9.17, 15) is 5.11 Å². The van der Waals surface area contributed by atoms with Crippen LogP contribution in [-0.2, 0) is 9.47 Å². The third kappa shape index (κ3) is 1.69. The Bertz CT molecular complexity index is 193. The number of hydrogen-bond donors (Lipinski definition) is 1. The van der Waals surface area contributed by atoms with Crippen molar-refractivity contribution in [2.75, 3.05) is 13.2 Å². The molecule has 1 N–H and O–H groups in total. The molecule has 0 saturated carbocycles. The molecule has 82 valence electrons. The van der Waals surface area contributed by atoms with E-state index in [0.29, 0.717) is 0 Å². The summed E-state index contributed by atoms with van der Waals surface area (Å²) in [4.78, 5) is 0. The Labute approximate surface area is 85.4 Å². The van der Waals surface area contributed by atoms with E-state index in [1.165, 1.54) is 6.42 Å². The molecule has 0 aromatic heterocycles. The van der Waals surface area contributed by atoms with Gasteiger partial charge >= 0.3 is 0 Å². The molecule has 0 radical (unpaired) electrons. The molecule has 3 nitrogen and oxygen atoms in total. The van der Waals surface area contributed by atoms with Crippen LogP contribution in [0.3, 0.4) is 0 Å². The van der Waals surface area contributed by atoms with Crippen molar-refractivity contribution in [3.05, 3.63) is 0 Å². The van der Waals surface area contributed by atoms with Crippen LogP contribution in [0.5, 0.6) is 0 Å². The van der Waals surface area contributed by atoms with Crippen LogP contribution < -0.4 is 0 Å². The lowest BCUT2D eigenvalue weighted by Crippen LogP contribution is -2.41. The van der Waals surface area contributed by atoms with Crippen LogP contribution in [0.1, 0.15) is 45.4 Å². The highest BCUT2D eigenvalue weighted by molar-refractivity contribution is 4.92. The van der Waals surface area contributed by atoms with E-state index in [-0.39, 0.29) is 18.0 Å². The maximum atomic E-state index is 9.35. The van der Waals surface area contributed by atoms with Crippen LogP contribution in [0.4, 0.5) is 0 Å². The predicted octanol–water partition coefficient (Wildman–Crippen LogP) is 1.83. The molecular weight excluding hydrogens is 180 g/mol. The lowest BCUT2D eigenvalue weighted by atomic mass is 9.96. The van der Waals surface area contributed by atoms with E-state index in [1.807, 2.05) is 0 Å². The fraction of sp³-hybridized carbons (Fsp3) is 1.00. The van der Waals surface area contributed by atoms with Gasteiger partial charge < -0.3 is 14.6 Å². The average Bonchev–Trinajstić information content (AvgIpc) is 2.60. The summed E-state index contributed by atoms with van der Waals surface area (Å²) >= 11 is 0. The van der Waals surface area contributed by atoms with Crippen molar-refractivity contribution in [3.63, 3.8) is 0 Å². The minimum absolute atomic E-state index is 0.120. The fourth-order valence-electron chi connectivity index (χ4n) is 2.49.